The van der Waals surface area contributed by atoms with E-state index in [9.17, 15) is 72.7 Å². The van der Waals surface area contributed by atoms with Gasteiger partial charge in [-0.2, -0.15) is 35.1 Å². The van der Waals surface area contributed by atoms with Crippen LogP contribution >= 0.6 is 0 Å². The molecule has 0 aliphatic rings. The zero-order valence-corrected chi connectivity index (χ0v) is 75.7. The molecule has 0 aromatic heterocycles. The van der Waals surface area contributed by atoms with Gasteiger partial charge in [-0.15, -0.1) is 8.78 Å². The maximum Gasteiger partial charge on any atom is 0.495 e. The second kappa shape index (κ2) is 48.6. The zero-order valence-electron chi connectivity index (χ0n) is 74.9. The number of ether oxygens (including phenoxy) is 11. The maximum atomic E-state index is 13.9. The van der Waals surface area contributed by atoms with Crippen LogP contribution in [0, 0.1) is 16.2 Å². The number of hydrogen-bond acceptors (Lipinski definition) is 17. The lowest BCUT2D eigenvalue weighted by Gasteiger charge is -2.31. The standard InChI is InChI=1S/C34H42F10N2O9.C29H43N3O4.C27H38N2O4.ClH/c1-28(2,3)26(47)45-24-11-7-22(8-12-24)19-23-9-13-25(14-10-23)46-27(48)51-17-15-49-20-30(35,36)53-32(39,40)33(41,42)55-34(43,44)54-31(37,38)21-50-16-18-52-29(4,5)6;1-28(2,3)26(33)30-24-13-9-22(10-14-24)21-23-11-15-25(16-12-23)31-27(34)35-19-17-32(7,8)18-20-36-29(4,5)6;1-26(2,3)24(30)28-22-13-9-20(10-14-22)19-21-11-15-23(16-12-21)29-25(31)32-17-7-8-18-33-27(4,5)6;/h7-14H,15-21H2,1-6H3,(H,45,47)(H,46,48);9-16H,17-21H2,1-8H3,(H-,30,31,33,34);9-16H,7-8,17-19H2,1-6H3,(H,28,30)(H,29,31);1H. The van der Waals surface area contributed by atoms with Gasteiger partial charge >= 0.3 is 49.0 Å². The largest absolute Gasteiger partial charge is 1.00 e. The quantitative estimate of drug-likeness (QED) is 0.00686. The Morgan fingerprint density at radius 3 is 0.856 bits per heavy atom. The van der Waals surface area contributed by atoms with Gasteiger partial charge in [0.15, 0.2) is 0 Å². The van der Waals surface area contributed by atoms with Crippen molar-refractivity contribution in [3.8, 4) is 0 Å². The second-order valence-corrected chi connectivity index (χ2v) is 35.8. The first-order valence-electron chi connectivity index (χ1n) is 40.2. The first-order chi connectivity index (χ1) is 57.0. The summed E-state index contributed by atoms with van der Waals surface area (Å²) in [5.74, 6) is -0.156. The topological polar surface area (TPSA) is 276 Å². The number of unbranched alkanes of at least 4 members (excludes halogenated alkanes) is 1. The molecule has 0 spiro atoms. The number of benzene rings is 6. The molecule has 0 radical (unpaired) electrons. The average molecular weight is 1800 g/mol. The molecule has 0 heterocycles. The van der Waals surface area contributed by atoms with Crippen molar-refractivity contribution in [2.75, 3.05) is 125 Å². The number of quaternary nitrogens is 1. The maximum absolute atomic E-state index is 13.9. The van der Waals surface area contributed by atoms with E-state index in [0.29, 0.717) is 60.9 Å². The lowest BCUT2D eigenvalue weighted by atomic mass is 9.95. The molecular weight excluding hydrogens is 1680 g/mol. The van der Waals surface area contributed by atoms with E-state index in [1.54, 1.807) is 65.8 Å². The van der Waals surface area contributed by atoms with Gasteiger partial charge < -0.3 is 70.7 Å². The molecule has 0 saturated carbocycles. The smallest absolute Gasteiger partial charge is 0.495 e. The van der Waals surface area contributed by atoms with Gasteiger partial charge in [0.1, 0.15) is 39.5 Å². The number of likely N-dealkylation sites (N-methyl/N-ethyl adjacent to an activating group) is 1. The van der Waals surface area contributed by atoms with Crippen LogP contribution in [0.1, 0.15) is 171 Å². The van der Waals surface area contributed by atoms with Gasteiger partial charge in [0.25, 0.3) is 0 Å². The predicted molar refractivity (Wildman–Crippen MR) is 454 cm³/mol. The normalized spacial score (nSPS) is 12.5. The van der Waals surface area contributed by atoms with Gasteiger partial charge in [-0.05, 0) is 201 Å². The number of nitrogens with one attached hydrogen (secondary N) is 6. The lowest BCUT2D eigenvalue weighted by molar-refractivity contribution is -0.891. The summed E-state index contributed by atoms with van der Waals surface area (Å²) in [6.07, 6.45) is -28.1. The summed E-state index contributed by atoms with van der Waals surface area (Å²) in [6, 6.07) is 44.7. The molecule has 6 N–H and O–H groups in total. The van der Waals surface area contributed by atoms with Crippen LogP contribution in [0.5, 0.6) is 0 Å². The molecule has 0 aliphatic heterocycles. The Bertz CT molecular complexity index is 4270. The fraction of sp³-hybridized carbons (Fsp3) is 0.533. The third-order valence-electron chi connectivity index (χ3n) is 16.9. The second-order valence-electron chi connectivity index (χ2n) is 35.8. The first-order valence-corrected chi connectivity index (χ1v) is 40.2. The molecule has 125 heavy (non-hydrogen) atoms. The highest BCUT2D eigenvalue weighted by Crippen LogP contribution is 2.45. The Morgan fingerprint density at radius 1 is 0.296 bits per heavy atom. The van der Waals surface area contributed by atoms with E-state index in [0.717, 1.165) is 77.0 Å². The van der Waals surface area contributed by atoms with Crippen LogP contribution in [0.4, 0.5) is 92.4 Å². The van der Waals surface area contributed by atoms with Crippen LogP contribution in [0.2, 0.25) is 0 Å². The van der Waals surface area contributed by atoms with Crippen LogP contribution in [0.15, 0.2) is 146 Å². The SMILES string of the molecule is CC(C)(C)OCCCCOC(=O)Nc1ccc(Cc2ccc(NC(=O)C(C)(C)C)cc2)cc1.CC(C)(C)OCCOCC(F)(F)OC(F)(F)OC(F)(F)C(F)(F)OC(F)(F)COCCOC(=O)Nc1ccc(Cc2ccc(NC(=O)C(C)(C)C)cc2)cc1.CC(C)(C)OCC[N+](C)(C)CCOC(=O)Nc1ccc(Cc2ccc(NC(=O)C(C)(C)C)cc2)cc1.[Cl-]. The van der Waals surface area contributed by atoms with Crippen molar-refractivity contribution < 1.29 is 142 Å². The predicted octanol–water partition coefficient (Wildman–Crippen LogP) is 17.7. The highest BCUT2D eigenvalue weighted by Gasteiger charge is 2.69. The Labute approximate surface area is 733 Å². The highest BCUT2D eigenvalue weighted by atomic mass is 35.5. The van der Waals surface area contributed by atoms with Gasteiger partial charge in [-0.25, -0.2) is 28.6 Å². The fourth-order valence-corrected chi connectivity index (χ4v) is 9.90. The van der Waals surface area contributed by atoms with Crippen molar-refractivity contribution in [2.45, 2.75) is 204 Å². The van der Waals surface area contributed by atoms with Gasteiger partial charge in [-0.3, -0.25) is 30.3 Å². The van der Waals surface area contributed by atoms with E-state index < -0.39 is 104 Å². The number of hydrogen-bond donors (Lipinski definition) is 6. The van der Waals surface area contributed by atoms with Crippen molar-refractivity contribution >= 4 is 70.1 Å². The number of carbonyl (C=O) groups excluding carboxylic acids is 6. The van der Waals surface area contributed by atoms with Crippen LogP contribution in [-0.4, -0.2) is 181 Å². The van der Waals surface area contributed by atoms with Crippen molar-refractivity contribution in [1.29, 1.82) is 0 Å². The van der Waals surface area contributed by atoms with E-state index >= 15 is 0 Å². The summed E-state index contributed by atoms with van der Waals surface area (Å²) in [5.41, 5.74) is 7.71. The van der Waals surface area contributed by atoms with Crippen LogP contribution < -0.4 is 44.3 Å². The first kappa shape index (κ1) is 110. The fourth-order valence-electron chi connectivity index (χ4n) is 9.90. The Hall–Kier alpha value is -9.23. The molecule has 0 unspecified atom stereocenters. The number of anilines is 6. The molecule has 6 rings (SSSR count). The van der Waals surface area contributed by atoms with Crippen molar-refractivity contribution in [3.05, 3.63) is 179 Å². The van der Waals surface area contributed by atoms with E-state index in [2.05, 4.69) is 69.7 Å². The Balaban J connectivity index is 0.000000503. The molecule has 6 aromatic rings. The molecule has 0 atom stereocenters. The monoisotopic (exact) mass is 1800 g/mol. The minimum absolute atomic E-state index is 0. The van der Waals surface area contributed by atoms with E-state index in [1.807, 2.05) is 192 Å². The highest BCUT2D eigenvalue weighted by molar-refractivity contribution is 5.96. The molecule has 0 fully saturated rings. The molecule has 6 aromatic carbocycles. The van der Waals surface area contributed by atoms with Gasteiger partial charge in [0, 0.05) is 57.0 Å². The molecule has 6 amide bonds. The van der Waals surface area contributed by atoms with Crippen molar-refractivity contribution in [2.24, 2.45) is 16.2 Å². The van der Waals surface area contributed by atoms with Crippen LogP contribution in [-0.2, 0) is 85.8 Å². The summed E-state index contributed by atoms with van der Waals surface area (Å²) < 4.78 is 186. The average Bonchev–Trinajstić information content (AvgIpc) is 0.781. The summed E-state index contributed by atoms with van der Waals surface area (Å²) in [5, 5.41) is 16.5. The van der Waals surface area contributed by atoms with Gasteiger partial charge in [0.2, 0.25) is 17.7 Å². The van der Waals surface area contributed by atoms with Crippen LogP contribution in [0.3, 0.4) is 0 Å². The molecule has 24 nitrogen and oxygen atoms in total. The molecule has 698 valence electrons. The number of nitrogens with zero attached hydrogens (tertiary/aromatic N) is 1. The number of carbonyl (C=O) groups is 6. The number of rotatable bonds is 40. The molecule has 0 saturated heterocycles. The summed E-state index contributed by atoms with van der Waals surface area (Å²) >= 11 is 0. The van der Waals surface area contributed by atoms with E-state index in [-0.39, 0.29) is 53.6 Å². The summed E-state index contributed by atoms with van der Waals surface area (Å²) in [7, 11) is 4.20. The third-order valence-corrected chi connectivity index (χ3v) is 16.9. The van der Waals surface area contributed by atoms with E-state index in [4.69, 9.17) is 28.4 Å². The zero-order chi connectivity index (χ0) is 93.4. The summed E-state index contributed by atoms with van der Waals surface area (Å²) in [6.45, 7) is 30.5. The minimum atomic E-state index is -6.66. The number of amides is 6. The molecule has 0 aliphatic carbocycles. The van der Waals surface area contributed by atoms with Crippen LogP contribution in [0.25, 0.3) is 0 Å². The third kappa shape index (κ3) is 47.2. The number of halogens is 11. The van der Waals surface area contributed by atoms with Gasteiger partial charge in [-0.1, -0.05) is 135 Å². The molecule has 0 bridgehead atoms. The van der Waals surface area contributed by atoms with Crippen molar-refractivity contribution in [1.82, 2.24) is 0 Å². The van der Waals surface area contributed by atoms with E-state index in [1.165, 1.54) is 12.1 Å². The minimum Gasteiger partial charge on any atom is -1.00 e. The van der Waals surface area contributed by atoms with Gasteiger partial charge in [0.05, 0.1) is 63.9 Å². The molecule has 35 heteroatoms. The lowest BCUT2D eigenvalue weighted by Crippen LogP contribution is -3.00. The van der Waals surface area contributed by atoms with Crippen molar-refractivity contribution in [3.63, 3.8) is 0 Å². The Kier molecular flexibility index (Phi) is 42.8. The summed E-state index contributed by atoms with van der Waals surface area (Å²) in [4.78, 5) is 72.5. The number of alkyl halides is 10. The molecular formula is C90H124ClF10N7O17. The Morgan fingerprint density at radius 2 is 0.544 bits per heavy atom.